The Labute approximate surface area is 101 Å². The number of fused-ring (bicyclic) bond motifs is 2. The highest BCUT2D eigenvalue weighted by Crippen LogP contribution is 2.35. The van der Waals surface area contributed by atoms with Gasteiger partial charge >= 0.3 is 0 Å². The lowest BCUT2D eigenvalue weighted by molar-refractivity contribution is 0.469. The Morgan fingerprint density at radius 2 is 1.06 bits per heavy atom. The van der Waals surface area contributed by atoms with Crippen LogP contribution in [0, 0.1) is 11.6 Å². The van der Waals surface area contributed by atoms with Crippen molar-refractivity contribution in [3.05, 3.63) is 48.0 Å². The van der Waals surface area contributed by atoms with Crippen LogP contribution in [0.5, 0.6) is 11.5 Å². The van der Waals surface area contributed by atoms with Crippen molar-refractivity contribution >= 4 is 21.5 Å². The second-order valence-electron chi connectivity index (χ2n) is 4.12. The molecule has 0 saturated carbocycles. The second kappa shape index (κ2) is 3.57. The van der Waals surface area contributed by atoms with Gasteiger partial charge in [0, 0.05) is 10.8 Å². The fourth-order valence-corrected chi connectivity index (χ4v) is 2.06. The summed E-state index contributed by atoms with van der Waals surface area (Å²) in [5.41, 5.74) is 0. The lowest BCUT2D eigenvalue weighted by Gasteiger charge is -2.06. The molecule has 0 aromatic heterocycles. The van der Waals surface area contributed by atoms with Gasteiger partial charge < -0.3 is 10.2 Å². The Kier molecular flexibility index (Phi) is 2.13. The van der Waals surface area contributed by atoms with E-state index in [0.29, 0.717) is 21.5 Å². The van der Waals surface area contributed by atoms with E-state index in [4.69, 9.17) is 0 Å². The maximum absolute atomic E-state index is 13.1. The Bertz CT molecular complexity index is 716. The molecule has 0 aliphatic rings. The molecule has 0 unspecified atom stereocenters. The van der Waals surface area contributed by atoms with E-state index in [1.807, 2.05) is 0 Å². The molecule has 3 rings (SSSR count). The number of phenols is 2. The molecule has 3 aromatic rings. The van der Waals surface area contributed by atoms with E-state index < -0.39 is 11.6 Å². The van der Waals surface area contributed by atoms with E-state index in [0.717, 1.165) is 12.1 Å². The molecule has 0 heterocycles. The summed E-state index contributed by atoms with van der Waals surface area (Å²) in [7, 11) is 0. The van der Waals surface area contributed by atoms with Crippen LogP contribution in [0.25, 0.3) is 21.5 Å². The lowest BCUT2D eigenvalue weighted by Crippen LogP contribution is -1.85. The van der Waals surface area contributed by atoms with E-state index in [1.165, 1.54) is 24.3 Å². The molecule has 0 aliphatic carbocycles. The van der Waals surface area contributed by atoms with Crippen LogP contribution in [-0.4, -0.2) is 10.2 Å². The summed E-state index contributed by atoms with van der Waals surface area (Å²) >= 11 is 0. The normalized spacial score (nSPS) is 11.2. The third kappa shape index (κ3) is 1.46. The van der Waals surface area contributed by atoms with Gasteiger partial charge in [-0.15, -0.1) is 0 Å². The second-order valence-corrected chi connectivity index (χ2v) is 4.12. The topological polar surface area (TPSA) is 40.5 Å². The SMILES string of the molecule is Oc1ccc(O)c2cc3cc(F)c(F)cc3cc12. The van der Waals surface area contributed by atoms with Crippen molar-refractivity contribution in [2.75, 3.05) is 0 Å². The summed E-state index contributed by atoms with van der Waals surface area (Å²) in [4.78, 5) is 0. The highest BCUT2D eigenvalue weighted by atomic mass is 19.2. The summed E-state index contributed by atoms with van der Waals surface area (Å²) in [5.74, 6) is -1.92. The number of rotatable bonds is 0. The minimum atomic E-state index is -0.943. The fourth-order valence-electron chi connectivity index (χ4n) is 2.06. The minimum absolute atomic E-state index is 0.0190. The molecule has 90 valence electrons. The Morgan fingerprint density at radius 1 is 0.667 bits per heavy atom. The molecule has 4 heteroatoms. The van der Waals surface area contributed by atoms with Crippen molar-refractivity contribution in [1.82, 2.24) is 0 Å². The van der Waals surface area contributed by atoms with Crippen molar-refractivity contribution < 1.29 is 19.0 Å². The molecule has 0 amide bonds. The molecule has 3 aromatic carbocycles. The molecule has 0 fully saturated rings. The zero-order valence-corrected chi connectivity index (χ0v) is 9.11. The Morgan fingerprint density at radius 3 is 1.44 bits per heavy atom. The van der Waals surface area contributed by atoms with Gasteiger partial charge in [-0.1, -0.05) is 0 Å². The first-order chi connectivity index (χ1) is 8.56. The van der Waals surface area contributed by atoms with E-state index in [1.54, 1.807) is 0 Å². The third-order valence-electron chi connectivity index (χ3n) is 2.97. The van der Waals surface area contributed by atoms with Crippen molar-refractivity contribution in [3.63, 3.8) is 0 Å². The Hall–Kier alpha value is -2.36. The number of aromatic hydroxyl groups is 2. The van der Waals surface area contributed by atoms with Gasteiger partial charge in [-0.3, -0.25) is 0 Å². The van der Waals surface area contributed by atoms with Gasteiger partial charge in [-0.25, -0.2) is 8.78 Å². The van der Waals surface area contributed by atoms with Crippen LogP contribution >= 0.6 is 0 Å². The van der Waals surface area contributed by atoms with Crippen molar-refractivity contribution in [2.24, 2.45) is 0 Å². The van der Waals surface area contributed by atoms with Crippen LogP contribution in [0.15, 0.2) is 36.4 Å². The van der Waals surface area contributed by atoms with E-state index in [2.05, 4.69) is 0 Å². The number of phenolic OH excluding ortho intramolecular Hbond substituents is 2. The minimum Gasteiger partial charge on any atom is -0.507 e. The summed E-state index contributed by atoms with van der Waals surface area (Å²) in [6.07, 6.45) is 0. The number of halogens is 2. The Balaban J connectivity index is 2.51. The standard InChI is InChI=1S/C14H8F2O2/c15-11-5-7-3-9-10(4-8(7)6-12(11)16)14(18)2-1-13(9)17/h1-6,17-18H. The fraction of sp³-hybridized carbons (Fsp3) is 0. The number of hydrogen-bond donors (Lipinski definition) is 2. The van der Waals surface area contributed by atoms with Gasteiger partial charge in [0.05, 0.1) is 0 Å². The molecule has 18 heavy (non-hydrogen) atoms. The van der Waals surface area contributed by atoms with Crippen LogP contribution < -0.4 is 0 Å². The first-order valence-corrected chi connectivity index (χ1v) is 5.30. The zero-order valence-electron chi connectivity index (χ0n) is 9.11. The lowest BCUT2D eigenvalue weighted by atomic mass is 10.0. The molecule has 0 atom stereocenters. The highest BCUT2D eigenvalue weighted by Gasteiger charge is 2.09. The molecule has 0 saturated heterocycles. The molecular weight excluding hydrogens is 238 g/mol. The molecule has 2 N–H and O–H groups in total. The average Bonchev–Trinajstić information content (AvgIpc) is 2.34. The number of hydrogen-bond acceptors (Lipinski definition) is 2. The monoisotopic (exact) mass is 246 g/mol. The first-order valence-electron chi connectivity index (χ1n) is 5.30. The third-order valence-corrected chi connectivity index (χ3v) is 2.97. The van der Waals surface area contributed by atoms with Gasteiger partial charge in [0.15, 0.2) is 11.6 Å². The van der Waals surface area contributed by atoms with Gasteiger partial charge in [0.2, 0.25) is 0 Å². The van der Waals surface area contributed by atoms with Crippen molar-refractivity contribution in [3.8, 4) is 11.5 Å². The van der Waals surface area contributed by atoms with Crippen LogP contribution in [0.3, 0.4) is 0 Å². The van der Waals surface area contributed by atoms with E-state index >= 15 is 0 Å². The predicted molar refractivity (Wildman–Crippen MR) is 64.7 cm³/mol. The summed E-state index contributed by atoms with van der Waals surface area (Å²) < 4.78 is 26.3. The van der Waals surface area contributed by atoms with E-state index in [-0.39, 0.29) is 11.5 Å². The quantitative estimate of drug-likeness (QED) is 0.469. The van der Waals surface area contributed by atoms with Crippen LogP contribution in [0.4, 0.5) is 8.78 Å². The van der Waals surface area contributed by atoms with Crippen LogP contribution in [0.2, 0.25) is 0 Å². The summed E-state index contributed by atoms with van der Waals surface area (Å²) in [5, 5.41) is 21.1. The molecular formula is C14H8F2O2. The van der Waals surface area contributed by atoms with E-state index in [9.17, 15) is 19.0 Å². The van der Waals surface area contributed by atoms with Gasteiger partial charge in [-0.2, -0.15) is 0 Å². The molecule has 2 nitrogen and oxygen atoms in total. The molecule has 0 bridgehead atoms. The van der Waals surface area contributed by atoms with Gasteiger partial charge in [0.25, 0.3) is 0 Å². The van der Waals surface area contributed by atoms with Gasteiger partial charge in [0.1, 0.15) is 11.5 Å². The van der Waals surface area contributed by atoms with Gasteiger partial charge in [-0.05, 0) is 47.2 Å². The summed E-state index contributed by atoms with van der Waals surface area (Å²) in [6, 6.07) is 7.86. The maximum Gasteiger partial charge on any atom is 0.159 e. The smallest absolute Gasteiger partial charge is 0.159 e. The zero-order chi connectivity index (χ0) is 12.9. The average molecular weight is 246 g/mol. The largest absolute Gasteiger partial charge is 0.507 e. The summed E-state index contributed by atoms with van der Waals surface area (Å²) in [6.45, 7) is 0. The predicted octanol–water partition coefficient (Wildman–Crippen LogP) is 3.68. The van der Waals surface area contributed by atoms with Crippen molar-refractivity contribution in [2.45, 2.75) is 0 Å². The highest BCUT2D eigenvalue weighted by molar-refractivity contribution is 6.03. The van der Waals surface area contributed by atoms with Crippen LogP contribution in [0.1, 0.15) is 0 Å². The van der Waals surface area contributed by atoms with Crippen LogP contribution in [-0.2, 0) is 0 Å². The molecule has 0 radical (unpaired) electrons. The number of benzene rings is 3. The maximum atomic E-state index is 13.1. The molecule has 0 spiro atoms. The molecule has 0 aliphatic heterocycles. The first kappa shape index (κ1) is 10.8. The van der Waals surface area contributed by atoms with Crippen molar-refractivity contribution in [1.29, 1.82) is 0 Å².